The number of benzene rings is 1. The van der Waals surface area contributed by atoms with Crippen LogP contribution in [0.15, 0.2) is 24.4 Å². The van der Waals surface area contributed by atoms with E-state index < -0.39 is 13.9 Å². The molecule has 0 spiro atoms. The molecule has 1 fully saturated rings. The molecule has 6 nitrogen and oxygen atoms in total. The molecule has 0 aliphatic carbocycles. The molecule has 120 valence electrons. The minimum atomic E-state index is -4.19. The van der Waals surface area contributed by atoms with E-state index in [0.717, 1.165) is 29.4 Å². The number of aromatic nitrogens is 1. The van der Waals surface area contributed by atoms with Crippen LogP contribution in [0, 0.1) is 0 Å². The van der Waals surface area contributed by atoms with Crippen molar-refractivity contribution in [1.29, 1.82) is 0 Å². The number of ether oxygens (including phenoxy) is 1. The monoisotopic (exact) mass is 324 g/mol. The second-order valence-electron chi connectivity index (χ2n) is 5.91. The quantitative estimate of drug-likeness (QED) is 0.735. The summed E-state index contributed by atoms with van der Waals surface area (Å²) >= 11 is 0. The first-order valence-corrected chi connectivity index (χ1v) is 9.20. The summed E-state index contributed by atoms with van der Waals surface area (Å²) in [6.45, 7) is 1.12. The SMILES string of the molecule is CN1CCC[C@@H]1Cc1c[nH]c2cccc(OCP(=O)(O)O)c12. The number of rotatable bonds is 5. The Balaban J connectivity index is 1.89. The maximum atomic E-state index is 11.0. The van der Waals surface area contributed by atoms with Gasteiger partial charge in [-0.05, 0) is 50.6 Å². The minimum absolute atomic E-state index is 0.508. The average Bonchev–Trinajstić information content (AvgIpc) is 3.04. The van der Waals surface area contributed by atoms with E-state index in [1.807, 2.05) is 18.3 Å². The Morgan fingerprint density at radius 3 is 2.95 bits per heavy atom. The van der Waals surface area contributed by atoms with Crippen molar-refractivity contribution in [2.45, 2.75) is 25.3 Å². The summed E-state index contributed by atoms with van der Waals surface area (Å²) < 4.78 is 16.4. The zero-order valence-corrected chi connectivity index (χ0v) is 13.4. The molecule has 0 radical (unpaired) electrons. The van der Waals surface area contributed by atoms with E-state index in [4.69, 9.17) is 14.5 Å². The molecule has 3 N–H and O–H groups in total. The van der Waals surface area contributed by atoms with Gasteiger partial charge in [-0.1, -0.05) is 6.07 Å². The number of H-pyrrole nitrogens is 1. The zero-order valence-electron chi connectivity index (χ0n) is 12.5. The lowest BCUT2D eigenvalue weighted by molar-refractivity contribution is 0.301. The first-order valence-electron chi connectivity index (χ1n) is 7.40. The molecule has 1 saturated heterocycles. The Kier molecular flexibility index (Phi) is 4.28. The fourth-order valence-electron chi connectivity index (χ4n) is 3.15. The lowest BCUT2D eigenvalue weighted by Gasteiger charge is -2.19. The van der Waals surface area contributed by atoms with Crippen molar-refractivity contribution in [1.82, 2.24) is 9.88 Å². The van der Waals surface area contributed by atoms with E-state index in [1.54, 1.807) is 6.07 Å². The molecule has 1 aromatic carbocycles. The van der Waals surface area contributed by atoms with Gasteiger partial charge < -0.3 is 24.4 Å². The van der Waals surface area contributed by atoms with Crippen LogP contribution in [0.25, 0.3) is 10.9 Å². The van der Waals surface area contributed by atoms with Crippen molar-refractivity contribution in [3.63, 3.8) is 0 Å². The Bertz CT molecular complexity index is 709. The Labute approximate surface area is 129 Å². The van der Waals surface area contributed by atoms with Crippen LogP contribution in [0.1, 0.15) is 18.4 Å². The second-order valence-corrected chi connectivity index (χ2v) is 7.50. The Morgan fingerprint density at radius 2 is 2.27 bits per heavy atom. The number of likely N-dealkylation sites (tertiary alicyclic amines) is 1. The Morgan fingerprint density at radius 1 is 1.45 bits per heavy atom. The highest BCUT2D eigenvalue weighted by atomic mass is 31.2. The van der Waals surface area contributed by atoms with Gasteiger partial charge in [0.15, 0.2) is 6.35 Å². The molecule has 1 aromatic heterocycles. The standard InChI is InChI=1S/C15H21N2O4P/c1-17-7-3-4-12(17)8-11-9-16-13-5-2-6-14(15(11)13)21-10-22(18,19)20/h2,5-6,9,12,16H,3-4,7-8,10H2,1H3,(H2,18,19,20)/t12-/m1/s1. The smallest absolute Gasteiger partial charge is 0.362 e. The summed E-state index contributed by atoms with van der Waals surface area (Å²) in [6.07, 6.45) is 4.67. The zero-order chi connectivity index (χ0) is 15.7. The van der Waals surface area contributed by atoms with Crippen molar-refractivity contribution < 1.29 is 19.1 Å². The van der Waals surface area contributed by atoms with Crippen LogP contribution < -0.4 is 4.74 Å². The highest BCUT2D eigenvalue weighted by Crippen LogP contribution is 2.37. The normalized spacial score (nSPS) is 19.9. The number of hydrogen-bond donors (Lipinski definition) is 3. The molecule has 22 heavy (non-hydrogen) atoms. The third-order valence-electron chi connectivity index (χ3n) is 4.26. The summed E-state index contributed by atoms with van der Waals surface area (Å²) in [5, 5.41) is 0.927. The van der Waals surface area contributed by atoms with Crippen molar-refractivity contribution in [2.75, 3.05) is 19.9 Å². The molecule has 0 unspecified atom stereocenters. The van der Waals surface area contributed by atoms with Gasteiger partial charge in [0.25, 0.3) is 0 Å². The van der Waals surface area contributed by atoms with Gasteiger partial charge in [-0.15, -0.1) is 0 Å². The van der Waals surface area contributed by atoms with Gasteiger partial charge in [0.05, 0.1) is 0 Å². The molecule has 2 aromatic rings. The largest absolute Gasteiger partial charge is 0.480 e. The highest BCUT2D eigenvalue weighted by molar-refractivity contribution is 7.51. The molecular weight excluding hydrogens is 303 g/mol. The molecular formula is C15H21N2O4P. The molecule has 1 aliphatic rings. The molecule has 7 heteroatoms. The van der Waals surface area contributed by atoms with Gasteiger partial charge in [-0.25, -0.2) is 0 Å². The van der Waals surface area contributed by atoms with Crippen molar-refractivity contribution in [3.05, 3.63) is 30.0 Å². The molecule has 3 rings (SSSR count). The number of nitrogens with zero attached hydrogens (tertiary/aromatic N) is 1. The second kappa shape index (κ2) is 6.05. The summed E-state index contributed by atoms with van der Waals surface area (Å²) in [4.78, 5) is 23.6. The van der Waals surface area contributed by atoms with Crippen LogP contribution in [-0.2, 0) is 11.0 Å². The fraction of sp³-hybridized carbons (Fsp3) is 0.467. The van der Waals surface area contributed by atoms with E-state index in [0.29, 0.717) is 11.8 Å². The number of likely N-dealkylation sites (N-methyl/N-ethyl adjacent to an activating group) is 1. The third kappa shape index (κ3) is 3.36. The van der Waals surface area contributed by atoms with E-state index in [-0.39, 0.29) is 0 Å². The number of aromatic amines is 1. The van der Waals surface area contributed by atoms with E-state index in [2.05, 4.69) is 16.9 Å². The van der Waals surface area contributed by atoms with Gasteiger partial charge in [-0.2, -0.15) is 0 Å². The number of hydrogen-bond acceptors (Lipinski definition) is 3. The lowest BCUT2D eigenvalue weighted by atomic mass is 10.0. The molecule has 0 amide bonds. The maximum Gasteiger partial charge on any atom is 0.362 e. The predicted molar refractivity (Wildman–Crippen MR) is 85.2 cm³/mol. The van der Waals surface area contributed by atoms with Crippen LogP contribution in [0.5, 0.6) is 5.75 Å². The van der Waals surface area contributed by atoms with Crippen molar-refractivity contribution in [2.24, 2.45) is 0 Å². The summed E-state index contributed by atoms with van der Waals surface area (Å²) in [7, 11) is -2.05. The van der Waals surface area contributed by atoms with Crippen molar-refractivity contribution >= 4 is 18.5 Å². The molecule has 1 aliphatic heterocycles. The van der Waals surface area contributed by atoms with Gasteiger partial charge in [-0.3, -0.25) is 4.57 Å². The predicted octanol–water partition coefficient (Wildman–Crippen LogP) is 2.32. The molecule has 2 heterocycles. The fourth-order valence-corrected chi connectivity index (χ4v) is 3.45. The van der Waals surface area contributed by atoms with E-state index in [9.17, 15) is 4.57 Å². The average molecular weight is 324 g/mol. The maximum absolute atomic E-state index is 11.0. The van der Waals surface area contributed by atoms with Crippen LogP contribution >= 0.6 is 7.60 Å². The van der Waals surface area contributed by atoms with Gasteiger partial charge in [0.2, 0.25) is 0 Å². The summed E-state index contributed by atoms with van der Waals surface area (Å²) in [5.74, 6) is 0.526. The third-order valence-corrected chi connectivity index (χ3v) is 4.73. The van der Waals surface area contributed by atoms with Crippen LogP contribution in [0.2, 0.25) is 0 Å². The first-order chi connectivity index (χ1) is 10.4. The van der Waals surface area contributed by atoms with E-state index >= 15 is 0 Å². The van der Waals surface area contributed by atoms with Crippen LogP contribution in [0.4, 0.5) is 0 Å². The number of fused-ring (bicyclic) bond motifs is 1. The van der Waals surface area contributed by atoms with Crippen molar-refractivity contribution in [3.8, 4) is 5.75 Å². The molecule has 1 atom stereocenters. The summed E-state index contributed by atoms with van der Waals surface area (Å²) in [5.41, 5.74) is 2.06. The molecule has 0 saturated carbocycles. The van der Waals surface area contributed by atoms with Gasteiger partial charge in [0, 0.05) is 23.1 Å². The lowest BCUT2D eigenvalue weighted by Crippen LogP contribution is -2.26. The Hall–Kier alpha value is -1.33. The number of nitrogens with one attached hydrogen (secondary N) is 1. The van der Waals surface area contributed by atoms with Gasteiger partial charge >= 0.3 is 7.60 Å². The minimum Gasteiger partial charge on any atom is -0.480 e. The van der Waals surface area contributed by atoms with Gasteiger partial charge in [0.1, 0.15) is 5.75 Å². The molecule has 0 bridgehead atoms. The van der Waals surface area contributed by atoms with Crippen LogP contribution in [0.3, 0.4) is 0 Å². The first kappa shape index (κ1) is 15.6. The van der Waals surface area contributed by atoms with Crippen LogP contribution in [-0.4, -0.2) is 45.7 Å². The summed E-state index contributed by atoms with van der Waals surface area (Å²) in [6, 6.07) is 6.03. The highest BCUT2D eigenvalue weighted by Gasteiger charge is 2.23. The van der Waals surface area contributed by atoms with E-state index in [1.165, 1.54) is 12.8 Å². The topological polar surface area (TPSA) is 85.8 Å².